The summed E-state index contributed by atoms with van der Waals surface area (Å²) in [6, 6.07) is 0. The van der Waals surface area contributed by atoms with Crippen LogP contribution < -0.4 is 0 Å². The molecule has 2 atom stereocenters. The molecule has 0 rings (SSSR count). The number of aliphatic hydroxyl groups excluding tert-OH is 1. The molecule has 0 bridgehead atoms. The van der Waals surface area contributed by atoms with E-state index in [1.807, 2.05) is 6.92 Å². The second-order valence-corrected chi connectivity index (χ2v) is 4.08. The van der Waals surface area contributed by atoms with Crippen molar-refractivity contribution in [2.45, 2.75) is 71.5 Å². The van der Waals surface area contributed by atoms with Gasteiger partial charge >= 0.3 is 0 Å². The van der Waals surface area contributed by atoms with Crippen LogP contribution in [0.5, 0.6) is 0 Å². The molecule has 0 aromatic heterocycles. The van der Waals surface area contributed by atoms with E-state index in [1.54, 1.807) is 6.92 Å². The maximum atomic E-state index is 9.17. The predicted molar refractivity (Wildman–Crippen MR) is 60.5 cm³/mol. The molecule has 0 radical (unpaired) electrons. The summed E-state index contributed by atoms with van der Waals surface area (Å²) >= 11 is 0. The maximum Gasteiger partial charge on any atom is 0.0803 e. The van der Waals surface area contributed by atoms with Gasteiger partial charge in [-0.15, -0.1) is 0 Å². The molecular weight excluding hydrogens is 176 g/mol. The topological polar surface area (TPSA) is 29.5 Å². The Kier molecular flexibility index (Phi) is 9.42. The molecular formula is C12H26O2. The van der Waals surface area contributed by atoms with Crippen molar-refractivity contribution >= 4 is 0 Å². The fourth-order valence-electron chi connectivity index (χ4n) is 1.29. The first-order valence-electron chi connectivity index (χ1n) is 5.98. The van der Waals surface area contributed by atoms with Crippen molar-refractivity contribution in [3.63, 3.8) is 0 Å². The Morgan fingerprint density at radius 3 is 2.14 bits per heavy atom. The van der Waals surface area contributed by atoms with Crippen molar-refractivity contribution in [1.82, 2.24) is 0 Å². The van der Waals surface area contributed by atoms with Gasteiger partial charge in [-0.3, -0.25) is 0 Å². The third-order valence-corrected chi connectivity index (χ3v) is 2.56. The zero-order chi connectivity index (χ0) is 10.8. The summed E-state index contributed by atoms with van der Waals surface area (Å²) in [5, 5.41) is 9.17. The molecule has 14 heavy (non-hydrogen) atoms. The van der Waals surface area contributed by atoms with Gasteiger partial charge in [0.1, 0.15) is 0 Å². The van der Waals surface area contributed by atoms with E-state index in [4.69, 9.17) is 9.84 Å². The van der Waals surface area contributed by atoms with Crippen LogP contribution >= 0.6 is 0 Å². The highest BCUT2D eigenvalue weighted by molar-refractivity contribution is 4.56. The lowest BCUT2D eigenvalue weighted by Gasteiger charge is -2.15. The summed E-state index contributed by atoms with van der Waals surface area (Å²) in [5.41, 5.74) is 0. The lowest BCUT2D eigenvalue weighted by Crippen LogP contribution is -2.23. The van der Waals surface area contributed by atoms with E-state index in [1.165, 1.54) is 32.1 Å². The highest BCUT2D eigenvalue weighted by Gasteiger charge is 2.07. The van der Waals surface area contributed by atoms with Crippen molar-refractivity contribution < 1.29 is 9.84 Å². The van der Waals surface area contributed by atoms with Gasteiger partial charge in [0.25, 0.3) is 0 Å². The summed E-state index contributed by atoms with van der Waals surface area (Å²) < 4.78 is 5.46. The molecule has 0 saturated heterocycles. The van der Waals surface area contributed by atoms with E-state index < -0.39 is 0 Å². The van der Waals surface area contributed by atoms with Crippen LogP contribution in [-0.2, 0) is 4.74 Å². The summed E-state index contributed by atoms with van der Waals surface area (Å²) in [4.78, 5) is 0. The number of rotatable bonds is 9. The van der Waals surface area contributed by atoms with E-state index in [9.17, 15) is 0 Å². The largest absolute Gasteiger partial charge is 0.391 e. The zero-order valence-electron chi connectivity index (χ0n) is 9.96. The minimum atomic E-state index is -0.352. The third kappa shape index (κ3) is 8.52. The van der Waals surface area contributed by atoms with E-state index in [-0.39, 0.29) is 12.2 Å². The Morgan fingerprint density at radius 1 is 1.00 bits per heavy atom. The van der Waals surface area contributed by atoms with Gasteiger partial charge in [-0.1, -0.05) is 39.0 Å². The first kappa shape index (κ1) is 13.9. The average molecular weight is 202 g/mol. The first-order valence-corrected chi connectivity index (χ1v) is 5.98. The van der Waals surface area contributed by atoms with Gasteiger partial charge in [-0.25, -0.2) is 0 Å². The third-order valence-electron chi connectivity index (χ3n) is 2.56. The summed E-state index contributed by atoms with van der Waals surface area (Å²) in [7, 11) is 0. The molecule has 0 aliphatic carbocycles. The van der Waals surface area contributed by atoms with E-state index in [0.717, 1.165) is 13.0 Å². The van der Waals surface area contributed by atoms with Crippen LogP contribution in [-0.4, -0.2) is 23.9 Å². The van der Waals surface area contributed by atoms with Gasteiger partial charge in [0, 0.05) is 6.61 Å². The van der Waals surface area contributed by atoms with Gasteiger partial charge in [-0.2, -0.15) is 0 Å². The molecule has 86 valence electrons. The molecule has 0 spiro atoms. The second-order valence-electron chi connectivity index (χ2n) is 4.08. The number of aliphatic hydroxyl groups is 1. The molecule has 0 aromatic carbocycles. The number of hydrogen-bond acceptors (Lipinski definition) is 2. The summed E-state index contributed by atoms with van der Waals surface area (Å²) in [6.07, 6.45) is 7.33. The van der Waals surface area contributed by atoms with Crippen LogP contribution in [0.3, 0.4) is 0 Å². The van der Waals surface area contributed by atoms with Crippen molar-refractivity contribution in [2.75, 3.05) is 6.61 Å². The maximum absolute atomic E-state index is 9.17. The minimum absolute atomic E-state index is 0.0226. The predicted octanol–water partition coefficient (Wildman–Crippen LogP) is 3.13. The van der Waals surface area contributed by atoms with Crippen molar-refractivity contribution in [3.05, 3.63) is 0 Å². The number of ether oxygens (including phenoxy) is 1. The molecule has 1 unspecified atom stereocenters. The second kappa shape index (κ2) is 9.47. The fourth-order valence-corrected chi connectivity index (χ4v) is 1.29. The fraction of sp³-hybridized carbons (Fsp3) is 1.00. The van der Waals surface area contributed by atoms with Crippen LogP contribution in [0.2, 0.25) is 0 Å². The van der Waals surface area contributed by atoms with Gasteiger partial charge in [0.15, 0.2) is 0 Å². The molecule has 0 fully saturated rings. The first-order chi connectivity index (χ1) is 6.68. The van der Waals surface area contributed by atoms with Crippen LogP contribution in [0.1, 0.15) is 59.3 Å². The Hall–Kier alpha value is -0.0800. The van der Waals surface area contributed by atoms with Crippen LogP contribution in [0, 0.1) is 0 Å². The molecule has 0 aromatic rings. The zero-order valence-corrected chi connectivity index (χ0v) is 9.96. The lowest BCUT2D eigenvalue weighted by atomic mass is 10.1. The highest BCUT2D eigenvalue weighted by Crippen LogP contribution is 2.06. The molecule has 0 heterocycles. The van der Waals surface area contributed by atoms with E-state index in [2.05, 4.69) is 6.92 Å². The van der Waals surface area contributed by atoms with Crippen LogP contribution in [0.15, 0.2) is 0 Å². The summed E-state index contributed by atoms with van der Waals surface area (Å²) in [5.74, 6) is 0. The monoisotopic (exact) mass is 202 g/mol. The standard InChI is InChI=1S/C12H26O2/c1-4-5-6-7-8-9-10-14-12(3)11(2)13/h11-13H,4-10H2,1-3H3/t11-,12?/m0/s1. The molecule has 0 aliphatic heterocycles. The molecule has 0 aliphatic rings. The Labute approximate surface area is 88.7 Å². The lowest BCUT2D eigenvalue weighted by molar-refractivity contribution is -0.0194. The Balaban J connectivity index is 3.06. The number of unbranched alkanes of at least 4 members (excludes halogenated alkanes) is 5. The van der Waals surface area contributed by atoms with Crippen molar-refractivity contribution in [2.24, 2.45) is 0 Å². The Bertz CT molecular complexity index is 113. The van der Waals surface area contributed by atoms with Gasteiger partial charge in [0.2, 0.25) is 0 Å². The summed E-state index contributed by atoms with van der Waals surface area (Å²) in [6.45, 7) is 6.71. The molecule has 2 nitrogen and oxygen atoms in total. The molecule has 1 N–H and O–H groups in total. The molecule has 0 saturated carbocycles. The van der Waals surface area contributed by atoms with Crippen molar-refractivity contribution in [3.8, 4) is 0 Å². The van der Waals surface area contributed by atoms with Gasteiger partial charge < -0.3 is 9.84 Å². The van der Waals surface area contributed by atoms with Crippen LogP contribution in [0.25, 0.3) is 0 Å². The Morgan fingerprint density at radius 2 is 1.57 bits per heavy atom. The quantitative estimate of drug-likeness (QED) is 0.582. The number of hydrogen-bond donors (Lipinski definition) is 1. The van der Waals surface area contributed by atoms with E-state index >= 15 is 0 Å². The SMILES string of the molecule is CCCCCCCCOC(C)[C@H](C)O. The van der Waals surface area contributed by atoms with Crippen molar-refractivity contribution in [1.29, 1.82) is 0 Å². The van der Waals surface area contributed by atoms with Gasteiger partial charge in [0.05, 0.1) is 12.2 Å². The molecule has 2 heteroatoms. The average Bonchev–Trinajstić information content (AvgIpc) is 2.16. The normalized spacial score (nSPS) is 15.4. The smallest absolute Gasteiger partial charge is 0.0803 e. The van der Waals surface area contributed by atoms with E-state index in [0.29, 0.717) is 0 Å². The minimum Gasteiger partial charge on any atom is -0.391 e. The molecule has 0 amide bonds. The highest BCUT2D eigenvalue weighted by atomic mass is 16.5. The van der Waals surface area contributed by atoms with Gasteiger partial charge in [-0.05, 0) is 20.3 Å². The van der Waals surface area contributed by atoms with Crippen LogP contribution in [0.4, 0.5) is 0 Å².